The monoisotopic (exact) mass is 249 g/mol. The molecule has 5 nitrogen and oxygen atoms in total. The molecule has 0 atom stereocenters. The predicted octanol–water partition coefficient (Wildman–Crippen LogP) is 3.02. The molecule has 2 rings (SSSR count). The van der Waals surface area contributed by atoms with Gasteiger partial charge in [0.2, 0.25) is 0 Å². The highest BCUT2D eigenvalue weighted by atomic mass is 32.1. The topological polar surface area (TPSA) is 80.4 Å². The molecule has 0 amide bonds. The second-order valence-corrected chi connectivity index (χ2v) is 4.36. The van der Waals surface area contributed by atoms with Crippen molar-refractivity contribution in [3.63, 3.8) is 0 Å². The first-order valence-electron chi connectivity index (χ1n) is 4.66. The molecule has 0 unspecified atom stereocenters. The zero-order valence-electron chi connectivity index (χ0n) is 8.49. The molecule has 0 aliphatic heterocycles. The number of nitrogens with zero attached hydrogens (tertiary/aromatic N) is 1. The SMILES string of the molecule is O=C(O)c1ccc(-c2ccc([N+](=O)[O-])cc2)s1. The maximum atomic E-state index is 10.7. The van der Waals surface area contributed by atoms with Gasteiger partial charge in [0.25, 0.3) is 5.69 Å². The van der Waals surface area contributed by atoms with Gasteiger partial charge in [-0.3, -0.25) is 10.1 Å². The van der Waals surface area contributed by atoms with Gasteiger partial charge in [-0.15, -0.1) is 11.3 Å². The number of non-ortho nitro benzene ring substituents is 1. The van der Waals surface area contributed by atoms with Gasteiger partial charge in [0.05, 0.1) is 4.92 Å². The molecule has 1 heterocycles. The second kappa shape index (κ2) is 4.34. The zero-order valence-corrected chi connectivity index (χ0v) is 9.31. The average Bonchev–Trinajstić information content (AvgIpc) is 2.78. The standard InChI is InChI=1S/C11H7NO4S/c13-11(14)10-6-5-9(17-10)7-1-3-8(4-2-7)12(15)16/h1-6H,(H,13,14). The van der Waals surface area contributed by atoms with E-state index in [1.165, 1.54) is 18.2 Å². The van der Waals surface area contributed by atoms with Crippen molar-refractivity contribution < 1.29 is 14.8 Å². The summed E-state index contributed by atoms with van der Waals surface area (Å²) < 4.78 is 0. The Bertz CT molecular complexity index is 573. The number of carboxylic acid groups (broad SMARTS) is 1. The van der Waals surface area contributed by atoms with Crippen molar-refractivity contribution in [3.8, 4) is 10.4 Å². The van der Waals surface area contributed by atoms with Crippen molar-refractivity contribution >= 4 is 23.0 Å². The number of hydrogen-bond acceptors (Lipinski definition) is 4. The molecule has 2 aromatic rings. The molecule has 0 aliphatic rings. The van der Waals surface area contributed by atoms with Crippen molar-refractivity contribution in [1.82, 2.24) is 0 Å². The van der Waals surface area contributed by atoms with Crippen LogP contribution in [0.25, 0.3) is 10.4 Å². The van der Waals surface area contributed by atoms with Gasteiger partial charge < -0.3 is 5.11 Å². The van der Waals surface area contributed by atoms with Crippen LogP contribution in [0.4, 0.5) is 5.69 Å². The number of hydrogen-bond donors (Lipinski definition) is 1. The Morgan fingerprint density at radius 3 is 2.29 bits per heavy atom. The lowest BCUT2D eigenvalue weighted by atomic mass is 10.2. The Hall–Kier alpha value is -2.21. The van der Waals surface area contributed by atoms with E-state index in [4.69, 9.17) is 5.11 Å². The number of rotatable bonds is 3. The van der Waals surface area contributed by atoms with Crippen molar-refractivity contribution in [1.29, 1.82) is 0 Å². The Kier molecular flexibility index (Phi) is 2.88. The molecule has 86 valence electrons. The van der Waals surface area contributed by atoms with Crippen LogP contribution in [-0.2, 0) is 0 Å². The lowest BCUT2D eigenvalue weighted by Gasteiger charge is -1.96. The number of carboxylic acids is 1. The van der Waals surface area contributed by atoms with E-state index in [9.17, 15) is 14.9 Å². The molecular formula is C11H7NO4S. The van der Waals surface area contributed by atoms with Crippen LogP contribution in [-0.4, -0.2) is 16.0 Å². The highest BCUT2D eigenvalue weighted by molar-refractivity contribution is 7.17. The lowest BCUT2D eigenvalue weighted by molar-refractivity contribution is -0.384. The molecule has 1 aromatic heterocycles. The van der Waals surface area contributed by atoms with E-state index < -0.39 is 10.9 Å². The normalized spacial score (nSPS) is 10.1. The summed E-state index contributed by atoms with van der Waals surface area (Å²) in [5, 5.41) is 19.3. The Morgan fingerprint density at radius 2 is 1.82 bits per heavy atom. The van der Waals surface area contributed by atoms with Gasteiger partial charge in [0.1, 0.15) is 4.88 Å². The van der Waals surface area contributed by atoms with Gasteiger partial charge in [0.15, 0.2) is 0 Å². The maximum Gasteiger partial charge on any atom is 0.345 e. The third kappa shape index (κ3) is 2.31. The van der Waals surface area contributed by atoms with E-state index in [1.807, 2.05) is 0 Å². The first-order valence-corrected chi connectivity index (χ1v) is 5.47. The molecule has 6 heteroatoms. The molecule has 0 spiro atoms. The molecule has 0 bridgehead atoms. The van der Waals surface area contributed by atoms with E-state index in [0.29, 0.717) is 0 Å². The summed E-state index contributed by atoms with van der Waals surface area (Å²) >= 11 is 1.14. The Labute approximate surface area is 100 Å². The third-order valence-corrected chi connectivity index (χ3v) is 3.30. The van der Waals surface area contributed by atoms with Crippen LogP contribution in [0.5, 0.6) is 0 Å². The molecule has 1 N–H and O–H groups in total. The Morgan fingerprint density at radius 1 is 1.18 bits per heavy atom. The number of carbonyl (C=O) groups is 1. The van der Waals surface area contributed by atoms with Crippen LogP contribution in [0.2, 0.25) is 0 Å². The van der Waals surface area contributed by atoms with Gasteiger partial charge >= 0.3 is 5.97 Å². The summed E-state index contributed by atoms with van der Waals surface area (Å²) in [6.45, 7) is 0. The van der Waals surface area contributed by atoms with Gasteiger partial charge in [-0.1, -0.05) is 0 Å². The minimum absolute atomic E-state index is 0.0174. The smallest absolute Gasteiger partial charge is 0.345 e. The first kappa shape index (κ1) is 11.3. The van der Waals surface area contributed by atoms with E-state index in [1.54, 1.807) is 18.2 Å². The van der Waals surface area contributed by atoms with Crippen LogP contribution < -0.4 is 0 Å². The first-order chi connectivity index (χ1) is 8.08. The predicted molar refractivity (Wildman–Crippen MR) is 63.4 cm³/mol. The highest BCUT2D eigenvalue weighted by Crippen LogP contribution is 2.29. The fourth-order valence-corrected chi connectivity index (χ4v) is 2.21. The van der Waals surface area contributed by atoms with E-state index >= 15 is 0 Å². The summed E-state index contributed by atoms with van der Waals surface area (Å²) in [6, 6.07) is 9.22. The molecule has 0 saturated heterocycles. The number of thiophene rings is 1. The van der Waals surface area contributed by atoms with E-state index in [2.05, 4.69) is 0 Å². The minimum Gasteiger partial charge on any atom is -0.477 e. The van der Waals surface area contributed by atoms with Crippen molar-refractivity contribution in [2.24, 2.45) is 0 Å². The number of benzene rings is 1. The molecule has 17 heavy (non-hydrogen) atoms. The molecule has 0 radical (unpaired) electrons. The molecule has 0 fully saturated rings. The highest BCUT2D eigenvalue weighted by Gasteiger charge is 2.10. The third-order valence-electron chi connectivity index (χ3n) is 2.18. The van der Waals surface area contributed by atoms with E-state index in [0.717, 1.165) is 21.8 Å². The number of aromatic carboxylic acids is 1. The van der Waals surface area contributed by atoms with Crippen molar-refractivity contribution in [2.75, 3.05) is 0 Å². The van der Waals surface area contributed by atoms with Crippen LogP contribution in [0.15, 0.2) is 36.4 Å². The molecular weight excluding hydrogens is 242 g/mol. The lowest BCUT2D eigenvalue weighted by Crippen LogP contribution is -1.89. The van der Waals surface area contributed by atoms with Gasteiger partial charge in [-0.05, 0) is 29.8 Å². The molecule has 0 saturated carbocycles. The summed E-state index contributed by atoms with van der Waals surface area (Å²) in [4.78, 5) is 21.7. The van der Waals surface area contributed by atoms with Crippen molar-refractivity contribution in [2.45, 2.75) is 0 Å². The van der Waals surface area contributed by atoms with Crippen LogP contribution in [0.1, 0.15) is 9.67 Å². The largest absolute Gasteiger partial charge is 0.477 e. The average molecular weight is 249 g/mol. The fourth-order valence-electron chi connectivity index (χ4n) is 1.36. The molecule has 1 aromatic carbocycles. The zero-order chi connectivity index (χ0) is 12.4. The van der Waals surface area contributed by atoms with Gasteiger partial charge in [-0.2, -0.15) is 0 Å². The second-order valence-electron chi connectivity index (χ2n) is 3.27. The van der Waals surface area contributed by atoms with Gasteiger partial charge in [0, 0.05) is 17.0 Å². The Balaban J connectivity index is 2.33. The summed E-state index contributed by atoms with van der Waals surface area (Å²) in [6.07, 6.45) is 0. The number of nitro benzene ring substituents is 1. The fraction of sp³-hybridized carbons (Fsp3) is 0. The summed E-state index contributed by atoms with van der Waals surface area (Å²) in [7, 11) is 0. The quantitative estimate of drug-likeness (QED) is 0.669. The van der Waals surface area contributed by atoms with Crippen LogP contribution in [0.3, 0.4) is 0 Å². The summed E-state index contributed by atoms with van der Waals surface area (Å²) in [5.74, 6) is -0.969. The summed E-state index contributed by atoms with van der Waals surface area (Å²) in [5.41, 5.74) is 0.789. The van der Waals surface area contributed by atoms with Crippen LogP contribution in [0, 0.1) is 10.1 Å². The van der Waals surface area contributed by atoms with Gasteiger partial charge in [-0.25, -0.2) is 4.79 Å². The maximum absolute atomic E-state index is 10.7. The number of nitro groups is 1. The van der Waals surface area contributed by atoms with Crippen LogP contribution >= 0.6 is 11.3 Å². The molecule has 0 aliphatic carbocycles. The minimum atomic E-state index is -0.969. The van der Waals surface area contributed by atoms with Crippen molar-refractivity contribution in [3.05, 3.63) is 51.4 Å². The van der Waals surface area contributed by atoms with E-state index in [-0.39, 0.29) is 10.6 Å².